The Kier molecular flexibility index (Phi) is 6.15. The molecule has 3 aromatic rings. The van der Waals surface area contributed by atoms with Crippen LogP contribution >= 0.6 is 0 Å². The maximum atomic E-state index is 12.2. The number of likely N-dealkylation sites (tertiary alicyclic amines) is 1. The summed E-state index contributed by atoms with van der Waals surface area (Å²) in [5.41, 5.74) is 4.92. The lowest BCUT2D eigenvalue weighted by atomic mass is 10.1. The number of nitrogens with zero attached hydrogens (tertiary/aromatic N) is 1. The molecular formula is C24H29N3O2. The maximum absolute atomic E-state index is 12.2. The molecule has 0 atom stereocenters. The molecule has 0 aliphatic carbocycles. The van der Waals surface area contributed by atoms with Gasteiger partial charge in [-0.25, -0.2) is 0 Å². The third-order valence-electron chi connectivity index (χ3n) is 5.66. The highest BCUT2D eigenvalue weighted by Crippen LogP contribution is 2.22. The number of rotatable bonds is 8. The van der Waals surface area contributed by atoms with Gasteiger partial charge in [0.05, 0.1) is 0 Å². The topological polar surface area (TPSA) is 57.4 Å². The summed E-state index contributed by atoms with van der Waals surface area (Å²) < 4.78 is 5.85. The maximum Gasteiger partial charge on any atom is 0.260 e. The Hall–Kier alpha value is -2.79. The minimum Gasteiger partial charge on any atom is -0.483 e. The number of amides is 1. The van der Waals surface area contributed by atoms with Crippen LogP contribution in [-0.2, 0) is 17.8 Å². The molecular weight excluding hydrogens is 362 g/mol. The first-order valence-electron chi connectivity index (χ1n) is 10.5. The first-order valence-corrected chi connectivity index (χ1v) is 10.5. The molecule has 5 nitrogen and oxygen atoms in total. The van der Waals surface area contributed by atoms with E-state index in [0.29, 0.717) is 0 Å². The standard InChI is InChI=1S/C24H29N3O2/c1-18-7-6-9-21-24(18)20(16-26-21)11-12-25-15-19-8-2-3-10-22(19)29-17-23(28)27-13-4-5-14-27/h2-3,6-10,16,25-26H,4-5,11-15,17H2,1H3. The monoisotopic (exact) mass is 391 g/mol. The predicted molar refractivity (Wildman–Crippen MR) is 116 cm³/mol. The smallest absolute Gasteiger partial charge is 0.260 e. The molecule has 2 N–H and O–H groups in total. The number of aromatic amines is 1. The number of carbonyl (C=O) groups is 1. The Balaban J connectivity index is 1.30. The van der Waals surface area contributed by atoms with Crippen LogP contribution in [0.25, 0.3) is 10.9 Å². The minimum atomic E-state index is 0.0833. The van der Waals surface area contributed by atoms with E-state index in [2.05, 4.69) is 47.7 Å². The molecule has 29 heavy (non-hydrogen) atoms. The molecule has 1 aromatic heterocycles. The van der Waals surface area contributed by atoms with E-state index in [9.17, 15) is 4.79 Å². The van der Waals surface area contributed by atoms with Gasteiger partial charge in [-0.05, 0) is 56.0 Å². The van der Waals surface area contributed by atoms with Crippen LogP contribution in [0.5, 0.6) is 5.75 Å². The summed E-state index contributed by atoms with van der Waals surface area (Å²) in [6.45, 7) is 5.59. The first kappa shape index (κ1) is 19.5. The Morgan fingerprint density at radius 3 is 2.79 bits per heavy atom. The van der Waals surface area contributed by atoms with Crippen molar-refractivity contribution in [3.63, 3.8) is 0 Å². The van der Waals surface area contributed by atoms with Crippen molar-refractivity contribution >= 4 is 16.8 Å². The van der Waals surface area contributed by atoms with Gasteiger partial charge in [0, 0.05) is 42.3 Å². The molecule has 4 rings (SSSR count). The lowest BCUT2D eigenvalue weighted by Crippen LogP contribution is -2.32. The number of aromatic nitrogens is 1. The molecule has 0 radical (unpaired) electrons. The van der Waals surface area contributed by atoms with Gasteiger partial charge >= 0.3 is 0 Å². The van der Waals surface area contributed by atoms with Crippen molar-refractivity contribution in [3.05, 3.63) is 65.4 Å². The normalized spacial score (nSPS) is 13.9. The molecule has 0 saturated carbocycles. The Morgan fingerprint density at radius 1 is 1.10 bits per heavy atom. The average Bonchev–Trinajstić information content (AvgIpc) is 3.41. The molecule has 1 aliphatic heterocycles. The first-order chi connectivity index (χ1) is 14.2. The zero-order chi connectivity index (χ0) is 20.1. The molecule has 1 aliphatic rings. The van der Waals surface area contributed by atoms with Gasteiger partial charge < -0.3 is 19.9 Å². The molecule has 1 amide bonds. The molecule has 0 spiro atoms. The average molecular weight is 392 g/mol. The zero-order valence-electron chi connectivity index (χ0n) is 17.0. The highest BCUT2D eigenvalue weighted by atomic mass is 16.5. The summed E-state index contributed by atoms with van der Waals surface area (Å²) >= 11 is 0. The van der Waals surface area contributed by atoms with Crippen molar-refractivity contribution in [2.24, 2.45) is 0 Å². The Bertz CT molecular complexity index is 973. The van der Waals surface area contributed by atoms with Gasteiger partial charge in [-0.1, -0.05) is 30.3 Å². The van der Waals surface area contributed by atoms with Crippen molar-refractivity contribution in [1.82, 2.24) is 15.2 Å². The van der Waals surface area contributed by atoms with Crippen molar-refractivity contribution in [2.45, 2.75) is 32.7 Å². The molecule has 1 saturated heterocycles. The lowest BCUT2D eigenvalue weighted by molar-refractivity contribution is -0.132. The van der Waals surface area contributed by atoms with Crippen LogP contribution in [0, 0.1) is 6.92 Å². The van der Waals surface area contributed by atoms with Gasteiger partial charge in [-0.2, -0.15) is 0 Å². The van der Waals surface area contributed by atoms with Crippen LogP contribution in [0.4, 0.5) is 0 Å². The lowest BCUT2D eigenvalue weighted by Gasteiger charge is -2.17. The Labute approximate surface area is 172 Å². The second-order valence-electron chi connectivity index (χ2n) is 7.72. The van der Waals surface area contributed by atoms with Crippen molar-refractivity contribution in [3.8, 4) is 5.75 Å². The summed E-state index contributed by atoms with van der Waals surface area (Å²) in [5.74, 6) is 0.871. The van der Waals surface area contributed by atoms with Crippen LogP contribution < -0.4 is 10.1 Å². The van der Waals surface area contributed by atoms with E-state index in [0.717, 1.165) is 56.8 Å². The van der Waals surface area contributed by atoms with Crippen LogP contribution in [0.15, 0.2) is 48.7 Å². The minimum absolute atomic E-state index is 0.0833. The second-order valence-corrected chi connectivity index (χ2v) is 7.72. The number of hydrogen-bond donors (Lipinski definition) is 2. The number of fused-ring (bicyclic) bond motifs is 1. The van der Waals surface area contributed by atoms with Crippen LogP contribution in [0.1, 0.15) is 29.5 Å². The third kappa shape index (κ3) is 4.62. The summed E-state index contributed by atoms with van der Waals surface area (Å²) in [6, 6.07) is 14.3. The number of ether oxygens (including phenoxy) is 1. The van der Waals surface area contributed by atoms with Crippen molar-refractivity contribution in [2.75, 3.05) is 26.2 Å². The molecule has 152 valence electrons. The zero-order valence-corrected chi connectivity index (χ0v) is 17.0. The van der Waals surface area contributed by atoms with Gasteiger partial charge in [0.15, 0.2) is 6.61 Å². The van der Waals surface area contributed by atoms with E-state index in [-0.39, 0.29) is 12.5 Å². The van der Waals surface area contributed by atoms with Crippen LogP contribution in [0.2, 0.25) is 0 Å². The van der Waals surface area contributed by atoms with E-state index >= 15 is 0 Å². The fourth-order valence-electron chi connectivity index (χ4n) is 4.08. The SMILES string of the molecule is Cc1cccc2[nH]cc(CCNCc3ccccc3OCC(=O)N3CCCC3)c12. The van der Waals surface area contributed by atoms with Gasteiger partial charge in [-0.3, -0.25) is 4.79 Å². The second kappa shape index (κ2) is 9.14. The third-order valence-corrected chi connectivity index (χ3v) is 5.66. The summed E-state index contributed by atoms with van der Waals surface area (Å²) in [6.07, 6.45) is 5.27. The number of hydrogen-bond acceptors (Lipinski definition) is 3. The van der Waals surface area contributed by atoms with E-state index in [4.69, 9.17) is 4.74 Å². The number of para-hydroxylation sites is 1. The van der Waals surface area contributed by atoms with E-state index in [1.807, 2.05) is 23.1 Å². The van der Waals surface area contributed by atoms with E-state index < -0.39 is 0 Å². The van der Waals surface area contributed by atoms with Crippen LogP contribution in [0.3, 0.4) is 0 Å². The highest BCUT2D eigenvalue weighted by molar-refractivity contribution is 5.86. The van der Waals surface area contributed by atoms with Crippen molar-refractivity contribution in [1.29, 1.82) is 0 Å². The number of aryl methyl sites for hydroxylation is 1. The van der Waals surface area contributed by atoms with Gasteiger partial charge in [0.1, 0.15) is 5.75 Å². The fraction of sp³-hybridized carbons (Fsp3) is 0.375. The molecule has 0 bridgehead atoms. The summed E-state index contributed by atoms with van der Waals surface area (Å²) in [4.78, 5) is 17.5. The summed E-state index contributed by atoms with van der Waals surface area (Å²) in [7, 11) is 0. The van der Waals surface area contributed by atoms with E-state index in [1.54, 1.807) is 0 Å². The van der Waals surface area contributed by atoms with Crippen LogP contribution in [-0.4, -0.2) is 42.0 Å². The Morgan fingerprint density at radius 2 is 1.93 bits per heavy atom. The molecule has 2 aromatic carbocycles. The van der Waals surface area contributed by atoms with Crippen molar-refractivity contribution < 1.29 is 9.53 Å². The van der Waals surface area contributed by atoms with E-state index in [1.165, 1.54) is 22.0 Å². The van der Waals surface area contributed by atoms with Gasteiger partial charge in [-0.15, -0.1) is 0 Å². The number of benzene rings is 2. The summed E-state index contributed by atoms with van der Waals surface area (Å²) in [5, 5.41) is 4.85. The number of nitrogens with one attached hydrogen (secondary N) is 2. The predicted octanol–water partition coefficient (Wildman–Crippen LogP) is 3.81. The molecule has 2 heterocycles. The van der Waals surface area contributed by atoms with Gasteiger partial charge in [0.25, 0.3) is 5.91 Å². The fourth-order valence-corrected chi connectivity index (χ4v) is 4.08. The highest BCUT2D eigenvalue weighted by Gasteiger charge is 2.18. The molecule has 0 unspecified atom stereocenters. The largest absolute Gasteiger partial charge is 0.483 e. The van der Waals surface area contributed by atoms with Gasteiger partial charge in [0.2, 0.25) is 0 Å². The number of carbonyl (C=O) groups excluding carboxylic acids is 1. The number of H-pyrrole nitrogens is 1. The molecule has 5 heteroatoms. The molecule has 1 fully saturated rings. The quantitative estimate of drug-likeness (QED) is 0.574.